The highest BCUT2D eigenvalue weighted by atomic mass is 16.7. The van der Waals surface area contributed by atoms with Crippen molar-refractivity contribution >= 4 is 17.6 Å². The number of carbonyl (C=O) groups excluding carboxylic acids is 2. The lowest BCUT2D eigenvalue weighted by Crippen LogP contribution is -2.42. The summed E-state index contributed by atoms with van der Waals surface area (Å²) < 4.78 is 15.3. The zero-order valence-electron chi connectivity index (χ0n) is 12.3. The fourth-order valence-electron chi connectivity index (χ4n) is 1.80. The van der Waals surface area contributed by atoms with Gasteiger partial charge in [0.1, 0.15) is 12.4 Å². The van der Waals surface area contributed by atoms with E-state index in [0.29, 0.717) is 11.4 Å². The van der Waals surface area contributed by atoms with Gasteiger partial charge in [-0.15, -0.1) is 0 Å². The number of benzene rings is 1. The van der Waals surface area contributed by atoms with Gasteiger partial charge in [-0.1, -0.05) is 12.1 Å². The lowest BCUT2D eigenvalue weighted by atomic mass is 10.2. The highest BCUT2D eigenvalue weighted by Crippen LogP contribution is 2.26. The minimum absolute atomic E-state index is 0.122. The van der Waals surface area contributed by atoms with E-state index in [1.807, 2.05) is 0 Å². The van der Waals surface area contributed by atoms with Crippen molar-refractivity contribution in [3.8, 4) is 5.75 Å². The van der Waals surface area contributed by atoms with E-state index in [1.54, 1.807) is 24.3 Å². The molecule has 7 nitrogen and oxygen atoms in total. The van der Waals surface area contributed by atoms with E-state index >= 15 is 0 Å². The number of carbonyl (C=O) groups is 2. The molecule has 0 saturated carbocycles. The van der Waals surface area contributed by atoms with Gasteiger partial charge in [-0.2, -0.15) is 0 Å². The molecular formula is C15H17NO6. The molecule has 0 unspecified atom stereocenters. The van der Waals surface area contributed by atoms with Gasteiger partial charge in [0.2, 0.25) is 0 Å². The molecule has 0 radical (unpaired) electrons. The van der Waals surface area contributed by atoms with Crippen molar-refractivity contribution in [2.45, 2.75) is 19.6 Å². The molecule has 1 fully saturated rings. The van der Waals surface area contributed by atoms with E-state index in [9.17, 15) is 9.59 Å². The van der Waals surface area contributed by atoms with Crippen LogP contribution in [0.15, 0.2) is 36.0 Å². The van der Waals surface area contributed by atoms with Crippen LogP contribution in [0.25, 0.3) is 0 Å². The van der Waals surface area contributed by atoms with Crippen LogP contribution >= 0.6 is 0 Å². The third-order valence-electron chi connectivity index (χ3n) is 2.72. The first-order valence-corrected chi connectivity index (χ1v) is 6.69. The van der Waals surface area contributed by atoms with Crippen LogP contribution in [0, 0.1) is 0 Å². The second-order valence-corrected chi connectivity index (χ2v) is 4.95. The average Bonchev–Trinajstić information content (AvgIpc) is 2.44. The summed E-state index contributed by atoms with van der Waals surface area (Å²) in [5.41, 5.74) is 0.296. The van der Waals surface area contributed by atoms with Crippen molar-refractivity contribution in [2.24, 2.45) is 0 Å². The fraction of sp³-hybridized carbons (Fsp3) is 0.333. The van der Waals surface area contributed by atoms with E-state index in [2.05, 4.69) is 5.32 Å². The van der Waals surface area contributed by atoms with Crippen LogP contribution in [0.3, 0.4) is 0 Å². The molecule has 22 heavy (non-hydrogen) atoms. The third kappa shape index (κ3) is 3.76. The lowest BCUT2D eigenvalue weighted by molar-refractivity contribution is -0.222. The molecule has 1 aliphatic heterocycles. The molecule has 1 aromatic rings. The highest BCUT2D eigenvalue weighted by Gasteiger charge is 2.38. The first-order chi connectivity index (χ1) is 10.4. The van der Waals surface area contributed by atoms with Crippen LogP contribution in [0.4, 0.5) is 5.69 Å². The summed E-state index contributed by atoms with van der Waals surface area (Å²) in [6, 6.07) is 6.91. The summed E-state index contributed by atoms with van der Waals surface area (Å²) >= 11 is 0. The molecule has 1 aliphatic rings. The van der Waals surface area contributed by atoms with Crippen LogP contribution in [-0.4, -0.2) is 36.0 Å². The molecule has 7 heteroatoms. The third-order valence-corrected chi connectivity index (χ3v) is 2.72. The van der Waals surface area contributed by atoms with Crippen molar-refractivity contribution in [3.05, 3.63) is 36.0 Å². The van der Waals surface area contributed by atoms with Crippen LogP contribution in [-0.2, 0) is 19.1 Å². The molecule has 0 aliphatic carbocycles. The second kappa shape index (κ2) is 6.48. The summed E-state index contributed by atoms with van der Waals surface area (Å²) in [5.74, 6) is -2.32. The Labute approximate surface area is 127 Å². The van der Waals surface area contributed by atoms with Crippen molar-refractivity contribution in [1.82, 2.24) is 0 Å². The quantitative estimate of drug-likeness (QED) is 0.479. The minimum atomic E-state index is -1.27. The van der Waals surface area contributed by atoms with E-state index in [1.165, 1.54) is 20.0 Å². The number of cyclic esters (lactones) is 2. The van der Waals surface area contributed by atoms with Gasteiger partial charge < -0.3 is 24.6 Å². The lowest BCUT2D eigenvalue weighted by Gasteiger charge is -2.29. The molecule has 2 rings (SSSR count). The van der Waals surface area contributed by atoms with E-state index in [0.717, 1.165) is 0 Å². The molecule has 0 spiro atoms. The van der Waals surface area contributed by atoms with Gasteiger partial charge in [0.05, 0.1) is 12.3 Å². The van der Waals surface area contributed by atoms with Gasteiger partial charge in [-0.25, -0.2) is 9.59 Å². The Bertz CT molecular complexity index is 586. The topological polar surface area (TPSA) is 94.1 Å². The standard InChI is InChI=1S/C15H17NO6/c1-15(2)21-13(18)10(14(19)22-15)9-16-11-5-3-4-6-12(11)20-8-7-17/h3-6,9,16-17H,7-8H2,1-2H3. The van der Waals surface area contributed by atoms with Crippen molar-refractivity contribution in [3.63, 3.8) is 0 Å². The Morgan fingerprint density at radius 1 is 1.23 bits per heavy atom. The summed E-state index contributed by atoms with van der Waals surface area (Å²) in [6.45, 7) is 2.97. The normalized spacial score (nSPS) is 16.6. The number of anilines is 1. The number of esters is 2. The highest BCUT2D eigenvalue weighted by molar-refractivity contribution is 6.15. The number of aliphatic hydroxyl groups is 1. The Hall–Kier alpha value is -2.54. The molecule has 1 aromatic carbocycles. The number of aliphatic hydroxyl groups excluding tert-OH is 1. The van der Waals surface area contributed by atoms with Gasteiger partial charge >= 0.3 is 11.9 Å². The first-order valence-electron chi connectivity index (χ1n) is 6.69. The second-order valence-electron chi connectivity index (χ2n) is 4.95. The smallest absolute Gasteiger partial charge is 0.350 e. The summed E-state index contributed by atoms with van der Waals surface area (Å²) in [6.07, 6.45) is 1.21. The predicted octanol–water partition coefficient (Wildman–Crippen LogP) is 1.19. The summed E-state index contributed by atoms with van der Waals surface area (Å²) in [5, 5.41) is 11.6. The molecule has 118 valence electrons. The largest absolute Gasteiger partial charge is 0.489 e. The van der Waals surface area contributed by atoms with E-state index in [4.69, 9.17) is 19.3 Å². The van der Waals surface area contributed by atoms with E-state index in [-0.39, 0.29) is 18.8 Å². The maximum absolute atomic E-state index is 11.8. The molecular weight excluding hydrogens is 290 g/mol. The van der Waals surface area contributed by atoms with Crippen molar-refractivity contribution in [1.29, 1.82) is 0 Å². The number of ether oxygens (including phenoxy) is 3. The minimum Gasteiger partial charge on any atom is -0.489 e. The zero-order valence-corrected chi connectivity index (χ0v) is 12.3. The predicted molar refractivity (Wildman–Crippen MR) is 77.0 cm³/mol. The van der Waals surface area contributed by atoms with Crippen molar-refractivity contribution in [2.75, 3.05) is 18.5 Å². The monoisotopic (exact) mass is 307 g/mol. The molecule has 1 saturated heterocycles. The number of rotatable bonds is 5. The van der Waals surface area contributed by atoms with E-state index < -0.39 is 17.7 Å². The van der Waals surface area contributed by atoms with Crippen LogP contribution in [0.2, 0.25) is 0 Å². The summed E-state index contributed by atoms with van der Waals surface area (Å²) in [4.78, 5) is 23.6. The Morgan fingerprint density at radius 3 is 2.50 bits per heavy atom. The SMILES string of the molecule is CC1(C)OC(=O)C(=CNc2ccccc2OCCO)C(=O)O1. The molecule has 1 heterocycles. The molecule has 0 atom stereocenters. The Balaban J connectivity index is 2.15. The van der Waals surface area contributed by atoms with Crippen LogP contribution in [0.5, 0.6) is 5.75 Å². The zero-order chi connectivity index (χ0) is 16.2. The molecule has 0 aromatic heterocycles. The van der Waals surface area contributed by atoms with Gasteiger partial charge in [0.15, 0.2) is 5.57 Å². The van der Waals surface area contributed by atoms with Crippen molar-refractivity contribution < 1.29 is 28.9 Å². The van der Waals surface area contributed by atoms with Crippen LogP contribution in [0.1, 0.15) is 13.8 Å². The number of nitrogens with one attached hydrogen (secondary N) is 1. The molecule has 0 bridgehead atoms. The Kier molecular flexibility index (Phi) is 4.67. The maximum Gasteiger partial charge on any atom is 0.350 e. The number of hydrogen-bond acceptors (Lipinski definition) is 7. The van der Waals surface area contributed by atoms with Gasteiger partial charge in [0.25, 0.3) is 5.79 Å². The summed E-state index contributed by atoms with van der Waals surface area (Å²) in [7, 11) is 0. The average molecular weight is 307 g/mol. The van der Waals surface area contributed by atoms with Gasteiger partial charge in [0, 0.05) is 20.0 Å². The molecule has 2 N–H and O–H groups in total. The number of hydrogen-bond donors (Lipinski definition) is 2. The fourth-order valence-corrected chi connectivity index (χ4v) is 1.80. The molecule has 0 amide bonds. The van der Waals surface area contributed by atoms with Crippen LogP contribution < -0.4 is 10.1 Å². The van der Waals surface area contributed by atoms with Gasteiger partial charge in [-0.3, -0.25) is 0 Å². The maximum atomic E-state index is 11.8. The first kappa shape index (κ1) is 15.8. The van der Waals surface area contributed by atoms with Gasteiger partial charge in [-0.05, 0) is 12.1 Å². The number of para-hydroxylation sites is 2. The Morgan fingerprint density at radius 2 is 1.86 bits per heavy atom.